The molecular formula is C26H31F4N3O6. The van der Waals surface area contributed by atoms with Gasteiger partial charge in [-0.25, -0.2) is 27.2 Å². The van der Waals surface area contributed by atoms with Gasteiger partial charge in [0.05, 0.1) is 42.9 Å². The first-order valence-corrected chi connectivity index (χ1v) is 12.1. The van der Waals surface area contributed by atoms with Crippen molar-refractivity contribution in [2.75, 3.05) is 32.2 Å². The minimum atomic E-state index is -3.20. The van der Waals surface area contributed by atoms with Gasteiger partial charge in [0.15, 0.2) is 11.6 Å². The van der Waals surface area contributed by atoms with E-state index < -0.39 is 47.4 Å². The summed E-state index contributed by atoms with van der Waals surface area (Å²) in [6.07, 6.45) is -5.04. The molecule has 2 heterocycles. The lowest BCUT2D eigenvalue weighted by Crippen LogP contribution is -2.67. The van der Waals surface area contributed by atoms with Crippen molar-refractivity contribution in [3.05, 3.63) is 41.6 Å². The number of alkyl carbamates (subject to hydrolysis) is 1. The molecular weight excluding hydrogens is 526 g/mol. The van der Waals surface area contributed by atoms with Crippen molar-refractivity contribution in [3.8, 4) is 17.0 Å². The Balaban J connectivity index is 2.04. The van der Waals surface area contributed by atoms with Gasteiger partial charge in [0, 0.05) is 24.7 Å². The Morgan fingerprint density at radius 3 is 2.44 bits per heavy atom. The fraction of sp³-hybridized carbons (Fsp3) is 0.500. The first-order valence-electron chi connectivity index (χ1n) is 12.1. The average molecular weight is 558 g/mol. The number of ether oxygens (including phenoxy) is 3. The number of methoxy groups -OCH3 is 2. The minimum absolute atomic E-state index is 0.0103. The molecule has 1 aliphatic heterocycles. The predicted octanol–water partition coefficient (Wildman–Crippen LogP) is 4.31. The van der Waals surface area contributed by atoms with Crippen LogP contribution in [0.1, 0.15) is 44.0 Å². The lowest BCUT2D eigenvalue weighted by molar-refractivity contribution is -0.0664. The summed E-state index contributed by atoms with van der Waals surface area (Å²) >= 11 is 0. The molecule has 2 aromatic rings. The van der Waals surface area contributed by atoms with Crippen LogP contribution in [-0.2, 0) is 9.47 Å². The zero-order valence-corrected chi connectivity index (χ0v) is 22.2. The zero-order valence-electron chi connectivity index (χ0n) is 22.2. The number of carbonyl (C=O) groups excluding carboxylic acids is 2. The molecule has 13 heteroatoms. The average Bonchev–Trinajstić information content (AvgIpc) is 2.87. The molecule has 3 rings (SSSR count). The molecule has 9 nitrogen and oxygen atoms in total. The van der Waals surface area contributed by atoms with Gasteiger partial charge in [0.1, 0.15) is 17.5 Å². The molecule has 0 radical (unpaired) electrons. The Morgan fingerprint density at radius 1 is 1.15 bits per heavy atom. The second-order valence-corrected chi connectivity index (χ2v) is 10.1. The number of hydrogen-bond donors (Lipinski definition) is 2. The van der Waals surface area contributed by atoms with Crippen molar-refractivity contribution in [1.29, 1.82) is 0 Å². The van der Waals surface area contributed by atoms with Gasteiger partial charge in [-0.2, -0.15) is 0 Å². The van der Waals surface area contributed by atoms with Gasteiger partial charge in [-0.3, -0.25) is 4.98 Å². The molecule has 0 bridgehead atoms. The molecule has 1 saturated heterocycles. The van der Waals surface area contributed by atoms with Crippen molar-refractivity contribution in [1.82, 2.24) is 10.3 Å². The highest BCUT2D eigenvalue weighted by Crippen LogP contribution is 2.35. The second kappa shape index (κ2) is 11.6. The normalized spacial score (nSPS) is 18.5. The number of piperidine rings is 1. The monoisotopic (exact) mass is 557 g/mol. The summed E-state index contributed by atoms with van der Waals surface area (Å²) < 4.78 is 71.4. The molecule has 1 amide bonds. The van der Waals surface area contributed by atoms with Gasteiger partial charge in [-0.05, 0) is 45.7 Å². The van der Waals surface area contributed by atoms with Crippen LogP contribution in [0.3, 0.4) is 0 Å². The molecule has 1 aromatic heterocycles. The summed E-state index contributed by atoms with van der Waals surface area (Å²) in [4.78, 5) is 31.0. The Kier molecular flexibility index (Phi) is 8.94. The van der Waals surface area contributed by atoms with E-state index in [-0.39, 0.29) is 54.2 Å². The molecule has 214 valence electrons. The van der Waals surface area contributed by atoms with E-state index in [0.29, 0.717) is 0 Å². The van der Waals surface area contributed by atoms with Crippen LogP contribution >= 0.6 is 0 Å². The number of aliphatic hydroxyl groups is 1. The summed E-state index contributed by atoms with van der Waals surface area (Å²) in [6.45, 7) is 4.70. The first-order chi connectivity index (χ1) is 18.2. The lowest BCUT2D eigenvalue weighted by Gasteiger charge is -2.46. The number of nitrogens with zero attached hydrogens (tertiary/aromatic N) is 2. The molecule has 0 saturated carbocycles. The molecule has 1 fully saturated rings. The topological polar surface area (TPSA) is 110 Å². The molecule has 1 aliphatic rings. The van der Waals surface area contributed by atoms with E-state index in [2.05, 4.69) is 10.3 Å². The van der Waals surface area contributed by atoms with Crippen molar-refractivity contribution < 1.29 is 46.5 Å². The maximum Gasteiger partial charge on any atom is 0.408 e. The molecule has 2 unspecified atom stereocenters. The third-order valence-electron chi connectivity index (χ3n) is 6.23. The number of anilines is 1. The standard InChI is InChI=1S/C26H31F4N3O6/c1-25(2,3)39-24(36)32-26(21(34)22(29)30)7-6-8-33(13-26)19-12-31-18(10-15(19)23(35)38-5)14-9-17(28)20(37-4)11-16(14)27/h9-12,21-22,34H,6-8,13H2,1-5H3,(H,32,36). The number of hydrogen-bond acceptors (Lipinski definition) is 8. The van der Waals surface area contributed by atoms with Crippen LogP contribution in [0.25, 0.3) is 11.3 Å². The van der Waals surface area contributed by atoms with Crippen LogP contribution in [0.15, 0.2) is 24.4 Å². The Bertz CT molecular complexity index is 1220. The highest BCUT2D eigenvalue weighted by atomic mass is 19.3. The van der Waals surface area contributed by atoms with Crippen LogP contribution in [0.4, 0.5) is 28.0 Å². The third kappa shape index (κ3) is 6.70. The number of aliphatic hydroxyl groups excluding tert-OH is 1. The highest BCUT2D eigenvalue weighted by molar-refractivity contribution is 5.97. The number of benzene rings is 1. The summed E-state index contributed by atoms with van der Waals surface area (Å²) in [5.41, 5.74) is -3.11. The number of nitrogens with one attached hydrogen (secondary N) is 1. The fourth-order valence-electron chi connectivity index (χ4n) is 4.46. The number of amides is 1. The smallest absolute Gasteiger partial charge is 0.408 e. The summed E-state index contributed by atoms with van der Waals surface area (Å²) in [7, 11) is 2.30. The molecule has 39 heavy (non-hydrogen) atoms. The number of carbonyl (C=O) groups is 2. The SMILES string of the molecule is COC(=O)c1cc(-c2cc(F)c(OC)cc2F)ncc1N1CCCC(NC(=O)OC(C)(C)C)(C(O)C(F)F)C1. The maximum absolute atomic E-state index is 14.7. The number of halogens is 4. The van der Waals surface area contributed by atoms with Gasteiger partial charge in [-0.1, -0.05) is 0 Å². The number of pyridine rings is 1. The van der Waals surface area contributed by atoms with Crippen LogP contribution in [0.2, 0.25) is 0 Å². The van der Waals surface area contributed by atoms with Gasteiger partial charge >= 0.3 is 12.1 Å². The van der Waals surface area contributed by atoms with Crippen molar-refractivity contribution in [2.24, 2.45) is 0 Å². The number of alkyl halides is 2. The molecule has 2 atom stereocenters. The van der Waals surface area contributed by atoms with E-state index >= 15 is 0 Å². The number of esters is 1. The largest absolute Gasteiger partial charge is 0.494 e. The van der Waals surface area contributed by atoms with E-state index in [1.807, 2.05) is 0 Å². The molecule has 2 N–H and O–H groups in total. The summed E-state index contributed by atoms with van der Waals surface area (Å²) in [5.74, 6) is -2.88. The van der Waals surface area contributed by atoms with Crippen molar-refractivity contribution in [2.45, 2.75) is 57.3 Å². The summed E-state index contributed by atoms with van der Waals surface area (Å²) in [5, 5.41) is 12.9. The first kappa shape index (κ1) is 29.9. The van der Waals surface area contributed by atoms with Crippen LogP contribution < -0.4 is 15.0 Å². The van der Waals surface area contributed by atoms with Gasteiger partial charge in [-0.15, -0.1) is 0 Å². The number of rotatable bonds is 7. The van der Waals surface area contributed by atoms with Crippen LogP contribution in [0.5, 0.6) is 5.75 Å². The molecule has 0 aliphatic carbocycles. The quantitative estimate of drug-likeness (QED) is 0.383. The lowest BCUT2D eigenvalue weighted by atomic mass is 9.83. The highest BCUT2D eigenvalue weighted by Gasteiger charge is 2.48. The van der Waals surface area contributed by atoms with Crippen molar-refractivity contribution in [3.63, 3.8) is 0 Å². The van der Waals surface area contributed by atoms with E-state index in [1.165, 1.54) is 24.3 Å². The Morgan fingerprint density at radius 2 is 1.85 bits per heavy atom. The number of aromatic nitrogens is 1. The second-order valence-electron chi connectivity index (χ2n) is 10.1. The van der Waals surface area contributed by atoms with E-state index in [4.69, 9.17) is 14.2 Å². The molecule has 0 spiro atoms. The molecule has 1 aromatic carbocycles. The van der Waals surface area contributed by atoms with Gasteiger partial charge < -0.3 is 29.5 Å². The third-order valence-corrected chi connectivity index (χ3v) is 6.23. The van der Waals surface area contributed by atoms with E-state index in [9.17, 15) is 32.3 Å². The Hall–Kier alpha value is -3.61. The van der Waals surface area contributed by atoms with Gasteiger partial charge in [0.25, 0.3) is 6.43 Å². The van der Waals surface area contributed by atoms with Crippen LogP contribution in [0, 0.1) is 11.6 Å². The van der Waals surface area contributed by atoms with Crippen LogP contribution in [-0.4, -0.2) is 73.1 Å². The van der Waals surface area contributed by atoms with E-state index in [1.54, 1.807) is 20.8 Å². The minimum Gasteiger partial charge on any atom is -0.494 e. The van der Waals surface area contributed by atoms with Gasteiger partial charge in [0.2, 0.25) is 0 Å². The predicted molar refractivity (Wildman–Crippen MR) is 133 cm³/mol. The van der Waals surface area contributed by atoms with E-state index in [0.717, 1.165) is 19.2 Å². The fourth-order valence-corrected chi connectivity index (χ4v) is 4.46. The Labute approximate surface area is 223 Å². The summed E-state index contributed by atoms with van der Waals surface area (Å²) in [6, 6.07) is 2.89. The maximum atomic E-state index is 14.7. The van der Waals surface area contributed by atoms with Crippen molar-refractivity contribution >= 4 is 17.7 Å². The zero-order chi connectivity index (χ0) is 29.1.